The third-order valence-corrected chi connectivity index (χ3v) is 2.91. The molecule has 8 heteroatoms. The fourth-order valence-electron chi connectivity index (χ4n) is 1.81. The summed E-state index contributed by atoms with van der Waals surface area (Å²) in [5, 5.41) is 2.84. The monoisotopic (exact) mass is 349 g/mol. The van der Waals surface area contributed by atoms with Crippen LogP contribution in [0.1, 0.15) is 24.3 Å². The quantitative estimate of drug-likeness (QED) is 0.748. The van der Waals surface area contributed by atoms with Gasteiger partial charge in [0, 0.05) is 6.54 Å². The number of nitrogens with two attached hydrogens (primary N) is 1. The molecule has 22 heavy (non-hydrogen) atoms. The minimum absolute atomic E-state index is 0. The number of aryl methyl sites for hydroxylation is 1. The number of hydrogen-bond donors (Lipinski definition) is 2. The van der Waals surface area contributed by atoms with E-state index in [0.717, 1.165) is 12.8 Å². The first-order valence-electron chi connectivity index (χ1n) is 6.67. The van der Waals surface area contributed by atoms with Gasteiger partial charge < -0.3 is 19.9 Å². The normalized spacial score (nSPS) is 9.73. The van der Waals surface area contributed by atoms with E-state index in [2.05, 4.69) is 10.3 Å². The highest BCUT2D eigenvalue weighted by Crippen LogP contribution is 2.22. The fourth-order valence-corrected chi connectivity index (χ4v) is 1.81. The number of halogens is 2. The molecule has 124 valence electrons. The zero-order valence-corrected chi connectivity index (χ0v) is 14.0. The molecular weight excluding hydrogens is 329 g/mol. The molecule has 0 aromatic carbocycles. The van der Waals surface area contributed by atoms with Crippen LogP contribution in [0.25, 0.3) is 11.7 Å². The van der Waals surface area contributed by atoms with E-state index in [-0.39, 0.29) is 37.1 Å². The Balaban J connectivity index is 0.00000220. The van der Waals surface area contributed by atoms with Gasteiger partial charge in [0.05, 0.1) is 18.4 Å². The van der Waals surface area contributed by atoms with Gasteiger partial charge >= 0.3 is 0 Å². The van der Waals surface area contributed by atoms with Crippen LogP contribution < -0.4 is 11.1 Å². The van der Waals surface area contributed by atoms with Gasteiger partial charge in [-0.3, -0.25) is 4.79 Å². The largest absolute Gasteiger partial charge is 0.459 e. The number of carbonyl (C=O) groups excluding carboxylic acids is 1. The summed E-state index contributed by atoms with van der Waals surface area (Å²) in [6.07, 6.45) is 3.56. The molecule has 6 nitrogen and oxygen atoms in total. The van der Waals surface area contributed by atoms with Crippen LogP contribution >= 0.6 is 24.8 Å². The summed E-state index contributed by atoms with van der Waals surface area (Å²) < 4.78 is 10.7. The van der Waals surface area contributed by atoms with E-state index < -0.39 is 0 Å². The van der Waals surface area contributed by atoms with Crippen molar-refractivity contribution in [2.24, 2.45) is 5.73 Å². The molecule has 0 spiro atoms. The third-order valence-electron chi connectivity index (χ3n) is 2.91. The first-order chi connectivity index (χ1) is 9.70. The van der Waals surface area contributed by atoms with Gasteiger partial charge in [0.25, 0.3) is 5.89 Å². The number of aromatic nitrogens is 1. The van der Waals surface area contributed by atoms with E-state index in [0.29, 0.717) is 36.2 Å². The number of nitrogens with one attached hydrogen (secondary N) is 1. The van der Waals surface area contributed by atoms with Crippen LogP contribution in [-0.4, -0.2) is 24.0 Å². The molecule has 0 radical (unpaired) electrons. The topological polar surface area (TPSA) is 94.3 Å². The van der Waals surface area contributed by atoms with Crippen LogP contribution in [0.5, 0.6) is 0 Å². The summed E-state index contributed by atoms with van der Waals surface area (Å²) in [7, 11) is 0. The van der Waals surface area contributed by atoms with Gasteiger partial charge in [0.1, 0.15) is 5.76 Å². The predicted octanol–water partition coefficient (Wildman–Crippen LogP) is 2.48. The number of furan rings is 1. The maximum absolute atomic E-state index is 11.8. The van der Waals surface area contributed by atoms with Crippen LogP contribution in [0, 0.1) is 6.92 Å². The van der Waals surface area contributed by atoms with Gasteiger partial charge in [-0.15, -0.1) is 24.8 Å². The van der Waals surface area contributed by atoms with Gasteiger partial charge in [-0.2, -0.15) is 0 Å². The van der Waals surface area contributed by atoms with Crippen molar-refractivity contribution in [1.29, 1.82) is 0 Å². The highest BCUT2D eigenvalue weighted by Gasteiger charge is 2.15. The molecule has 0 bridgehead atoms. The second-order valence-electron chi connectivity index (χ2n) is 4.52. The van der Waals surface area contributed by atoms with Crippen molar-refractivity contribution in [3.8, 4) is 11.7 Å². The Bertz CT molecular complexity index is 556. The molecule has 2 rings (SSSR count). The SMILES string of the molecule is Cc1oc(-c2ccco2)nc1CC(=O)NCCCCN.Cl.Cl. The lowest BCUT2D eigenvalue weighted by Gasteiger charge is -2.03. The molecule has 1 amide bonds. The highest BCUT2D eigenvalue weighted by molar-refractivity contribution is 5.85. The number of oxazole rings is 1. The summed E-state index contributed by atoms with van der Waals surface area (Å²) in [6, 6.07) is 3.53. The Morgan fingerprint density at radius 1 is 1.36 bits per heavy atom. The number of hydrogen-bond acceptors (Lipinski definition) is 5. The Kier molecular flexibility index (Phi) is 9.56. The van der Waals surface area contributed by atoms with E-state index >= 15 is 0 Å². The molecule has 0 atom stereocenters. The van der Waals surface area contributed by atoms with E-state index in [9.17, 15) is 4.79 Å². The third kappa shape index (κ3) is 5.71. The van der Waals surface area contributed by atoms with Crippen molar-refractivity contribution in [3.05, 3.63) is 29.9 Å². The Labute approximate surface area is 141 Å². The lowest BCUT2D eigenvalue weighted by molar-refractivity contribution is -0.120. The molecule has 0 aliphatic carbocycles. The second-order valence-corrected chi connectivity index (χ2v) is 4.52. The van der Waals surface area contributed by atoms with Crippen molar-refractivity contribution in [2.75, 3.05) is 13.1 Å². The number of unbranched alkanes of at least 4 members (excludes halogenated alkanes) is 1. The van der Waals surface area contributed by atoms with Crippen LogP contribution in [-0.2, 0) is 11.2 Å². The zero-order valence-electron chi connectivity index (χ0n) is 12.3. The maximum atomic E-state index is 11.8. The molecule has 2 aromatic heterocycles. The van der Waals surface area contributed by atoms with E-state index in [1.165, 1.54) is 0 Å². The van der Waals surface area contributed by atoms with Gasteiger partial charge in [-0.05, 0) is 38.4 Å². The van der Waals surface area contributed by atoms with Crippen LogP contribution in [0.2, 0.25) is 0 Å². The van der Waals surface area contributed by atoms with E-state index in [4.69, 9.17) is 14.6 Å². The van der Waals surface area contributed by atoms with E-state index in [1.807, 2.05) is 0 Å². The summed E-state index contributed by atoms with van der Waals surface area (Å²) in [6.45, 7) is 3.07. The molecule has 3 N–H and O–H groups in total. The molecule has 0 aliphatic heterocycles. The summed E-state index contributed by atoms with van der Waals surface area (Å²) >= 11 is 0. The highest BCUT2D eigenvalue weighted by atomic mass is 35.5. The van der Waals surface area contributed by atoms with Gasteiger partial charge in [-0.1, -0.05) is 0 Å². The predicted molar refractivity (Wildman–Crippen MR) is 88.4 cm³/mol. The minimum Gasteiger partial charge on any atom is -0.459 e. The van der Waals surface area contributed by atoms with Crippen LogP contribution in [0.15, 0.2) is 27.2 Å². The zero-order chi connectivity index (χ0) is 14.4. The average Bonchev–Trinajstić information content (AvgIpc) is 3.05. The number of nitrogens with zero attached hydrogens (tertiary/aromatic N) is 1. The fraction of sp³-hybridized carbons (Fsp3) is 0.429. The van der Waals surface area contributed by atoms with Crippen LogP contribution in [0.3, 0.4) is 0 Å². The molecule has 0 saturated carbocycles. The average molecular weight is 350 g/mol. The summed E-state index contributed by atoms with van der Waals surface area (Å²) in [4.78, 5) is 16.1. The van der Waals surface area contributed by atoms with Crippen LogP contribution in [0.4, 0.5) is 0 Å². The van der Waals surface area contributed by atoms with Crippen molar-refractivity contribution in [1.82, 2.24) is 10.3 Å². The van der Waals surface area contributed by atoms with Crippen molar-refractivity contribution >= 4 is 30.7 Å². The van der Waals surface area contributed by atoms with Gasteiger partial charge in [0.15, 0.2) is 5.76 Å². The van der Waals surface area contributed by atoms with Gasteiger partial charge in [0.2, 0.25) is 5.91 Å². The lowest BCUT2D eigenvalue weighted by atomic mass is 10.2. The molecule has 2 heterocycles. The Hall–Kier alpha value is -1.50. The first-order valence-corrected chi connectivity index (χ1v) is 6.67. The van der Waals surface area contributed by atoms with Crippen molar-refractivity contribution in [2.45, 2.75) is 26.2 Å². The molecular formula is C14H21Cl2N3O3. The minimum atomic E-state index is -0.0654. The van der Waals surface area contributed by atoms with E-state index in [1.54, 1.807) is 25.3 Å². The number of carbonyl (C=O) groups is 1. The second kappa shape index (κ2) is 10.3. The Morgan fingerprint density at radius 3 is 2.77 bits per heavy atom. The maximum Gasteiger partial charge on any atom is 0.263 e. The molecule has 0 aliphatic rings. The smallest absolute Gasteiger partial charge is 0.263 e. The van der Waals surface area contributed by atoms with Crippen molar-refractivity contribution in [3.63, 3.8) is 0 Å². The molecule has 0 unspecified atom stereocenters. The Morgan fingerprint density at radius 2 is 2.14 bits per heavy atom. The van der Waals surface area contributed by atoms with Crippen molar-refractivity contribution < 1.29 is 13.6 Å². The molecule has 0 fully saturated rings. The summed E-state index contributed by atoms with van der Waals surface area (Å²) in [5.41, 5.74) is 6.03. The first kappa shape index (κ1) is 20.5. The summed E-state index contributed by atoms with van der Waals surface area (Å²) in [5.74, 6) is 1.53. The molecule has 2 aromatic rings. The standard InChI is InChI=1S/C14H19N3O3.2ClH/c1-10-11(9-13(18)16-7-3-2-6-15)17-14(20-10)12-5-4-8-19-12;;/h4-5,8H,2-3,6-7,9,15H2,1H3,(H,16,18);2*1H. The lowest BCUT2D eigenvalue weighted by Crippen LogP contribution is -2.26. The van der Waals surface area contributed by atoms with Gasteiger partial charge in [-0.25, -0.2) is 4.98 Å². The number of amides is 1. The number of rotatable bonds is 7. The molecule has 0 saturated heterocycles.